The van der Waals surface area contributed by atoms with Crippen molar-refractivity contribution in [1.29, 1.82) is 0 Å². The third kappa shape index (κ3) is 3.03. The summed E-state index contributed by atoms with van der Waals surface area (Å²) < 4.78 is 0. The summed E-state index contributed by atoms with van der Waals surface area (Å²) in [5.41, 5.74) is 4.59. The number of anilines is 1. The van der Waals surface area contributed by atoms with Gasteiger partial charge in [0.2, 0.25) is 0 Å². The van der Waals surface area contributed by atoms with Gasteiger partial charge in [-0.25, -0.2) is 4.98 Å². The van der Waals surface area contributed by atoms with Crippen LogP contribution in [0.2, 0.25) is 0 Å². The Kier molecular flexibility index (Phi) is 3.46. The fraction of sp³-hybridized carbons (Fsp3) is 0.235. The first kappa shape index (κ1) is 14.1. The average Bonchev–Trinajstić information content (AvgIpc) is 3.10. The van der Waals surface area contributed by atoms with Crippen LogP contribution >= 0.6 is 11.3 Å². The van der Waals surface area contributed by atoms with Gasteiger partial charge < -0.3 is 0 Å². The van der Waals surface area contributed by atoms with Crippen molar-refractivity contribution in [3.63, 3.8) is 0 Å². The number of hydrogen-bond acceptors (Lipinski definition) is 4. The van der Waals surface area contributed by atoms with E-state index in [9.17, 15) is 4.79 Å². The lowest BCUT2D eigenvalue weighted by Gasteiger charge is -1.98. The van der Waals surface area contributed by atoms with Gasteiger partial charge in [0.1, 0.15) is 0 Å². The van der Waals surface area contributed by atoms with Crippen molar-refractivity contribution in [3.8, 4) is 11.3 Å². The predicted octanol–water partition coefficient (Wildman–Crippen LogP) is 3.97. The van der Waals surface area contributed by atoms with Gasteiger partial charge >= 0.3 is 0 Å². The first-order valence-electron chi connectivity index (χ1n) is 7.58. The van der Waals surface area contributed by atoms with Gasteiger partial charge in [-0.15, -0.1) is 11.3 Å². The van der Waals surface area contributed by atoms with Crippen molar-refractivity contribution in [1.82, 2.24) is 15.2 Å². The van der Waals surface area contributed by atoms with Crippen molar-refractivity contribution in [3.05, 3.63) is 52.7 Å². The van der Waals surface area contributed by atoms with Crippen LogP contribution in [0.1, 0.15) is 40.5 Å². The molecule has 2 aromatic heterocycles. The lowest BCUT2D eigenvalue weighted by molar-refractivity contribution is 0.102. The molecule has 0 atom stereocenters. The highest BCUT2D eigenvalue weighted by atomic mass is 32.1. The Labute approximate surface area is 137 Å². The maximum Gasteiger partial charge on any atom is 0.277 e. The maximum absolute atomic E-state index is 12.2. The third-order valence-electron chi connectivity index (χ3n) is 3.92. The molecule has 23 heavy (non-hydrogen) atoms. The molecule has 6 heteroatoms. The number of aromatic amines is 1. The zero-order valence-electron chi connectivity index (χ0n) is 12.7. The molecule has 0 unspecified atom stereocenters. The molecule has 0 saturated heterocycles. The van der Waals surface area contributed by atoms with Crippen molar-refractivity contribution >= 4 is 22.4 Å². The van der Waals surface area contributed by atoms with E-state index in [1.807, 2.05) is 23.6 Å². The van der Waals surface area contributed by atoms with Crippen LogP contribution in [-0.4, -0.2) is 21.1 Å². The van der Waals surface area contributed by atoms with E-state index in [0.717, 1.165) is 17.0 Å². The highest BCUT2D eigenvalue weighted by molar-refractivity contribution is 7.14. The normalized spacial score (nSPS) is 14.0. The van der Waals surface area contributed by atoms with Gasteiger partial charge in [-0.3, -0.25) is 15.2 Å². The summed E-state index contributed by atoms with van der Waals surface area (Å²) in [5.74, 6) is 0.329. The fourth-order valence-electron chi connectivity index (χ4n) is 2.41. The van der Waals surface area contributed by atoms with E-state index in [1.165, 1.54) is 29.7 Å². The molecule has 3 aromatic rings. The Bertz CT molecular complexity index is 846. The fourth-order valence-corrected chi connectivity index (χ4v) is 3.12. The zero-order chi connectivity index (χ0) is 15.8. The number of rotatable bonds is 4. The Morgan fingerprint density at radius 2 is 2.09 bits per heavy atom. The minimum atomic E-state index is -0.224. The second-order valence-electron chi connectivity index (χ2n) is 5.84. The van der Waals surface area contributed by atoms with E-state index in [4.69, 9.17) is 0 Å². The number of aromatic nitrogens is 3. The largest absolute Gasteiger partial charge is 0.296 e. The van der Waals surface area contributed by atoms with Gasteiger partial charge in [-0.05, 0) is 25.8 Å². The summed E-state index contributed by atoms with van der Waals surface area (Å²) in [7, 11) is 0. The molecule has 0 aliphatic heterocycles. The molecule has 4 rings (SSSR count). The van der Waals surface area contributed by atoms with E-state index >= 15 is 0 Å². The van der Waals surface area contributed by atoms with Crippen LogP contribution in [0.5, 0.6) is 0 Å². The highest BCUT2D eigenvalue weighted by Crippen LogP contribution is 2.39. The Morgan fingerprint density at radius 1 is 1.30 bits per heavy atom. The monoisotopic (exact) mass is 324 g/mol. The average molecular weight is 324 g/mol. The molecule has 2 heterocycles. The van der Waals surface area contributed by atoms with Crippen molar-refractivity contribution in [2.24, 2.45) is 0 Å². The summed E-state index contributed by atoms with van der Waals surface area (Å²) >= 11 is 1.42. The molecule has 5 nitrogen and oxygen atoms in total. The molecule has 0 spiro atoms. The number of thiazole rings is 1. The lowest BCUT2D eigenvalue weighted by Crippen LogP contribution is -2.12. The van der Waals surface area contributed by atoms with Crippen molar-refractivity contribution < 1.29 is 4.79 Å². The van der Waals surface area contributed by atoms with Crippen LogP contribution in [0.4, 0.5) is 5.13 Å². The molecule has 1 aliphatic rings. The minimum Gasteiger partial charge on any atom is -0.296 e. The Hall–Kier alpha value is -2.47. The molecule has 116 valence electrons. The zero-order valence-corrected chi connectivity index (χ0v) is 13.5. The molecular formula is C17H16N4OS. The van der Waals surface area contributed by atoms with Crippen molar-refractivity contribution in [2.45, 2.75) is 25.7 Å². The van der Waals surface area contributed by atoms with E-state index in [0.29, 0.717) is 16.7 Å². The summed E-state index contributed by atoms with van der Waals surface area (Å²) in [6.45, 7) is 2.05. The number of amides is 1. The Balaban J connectivity index is 1.48. The molecule has 1 aliphatic carbocycles. The minimum absolute atomic E-state index is 0.224. The van der Waals surface area contributed by atoms with Crippen LogP contribution in [0.15, 0.2) is 35.7 Å². The van der Waals surface area contributed by atoms with Gasteiger partial charge in [0, 0.05) is 22.6 Å². The second kappa shape index (κ2) is 5.62. The molecule has 2 N–H and O–H groups in total. The number of aryl methyl sites for hydroxylation is 1. The highest BCUT2D eigenvalue weighted by Gasteiger charge is 2.26. The standard InChI is InChI=1S/C17H16N4OS/c1-10-2-4-12(5-3-10)15-9-23-17(18-15)19-16(22)14-8-13(20-21-14)11-6-7-11/h2-5,8-9,11H,6-7H2,1H3,(H,20,21)(H,18,19,22). The van der Waals surface area contributed by atoms with Gasteiger partial charge in [-0.1, -0.05) is 29.8 Å². The molecule has 1 amide bonds. The number of benzene rings is 1. The molecule has 0 radical (unpaired) electrons. The third-order valence-corrected chi connectivity index (χ3v) is 4.68. The number of carbonyl (C=O) groups is 1. The van der Waals surface area contributed by atoms with E-state index in [1.54, 1.807) is 0 Å². The summed E-state index contributed by atoms with van der Waals surface area (Å²) in [4.78, 5) is 16.7. The molecular weight excluding hydrogens is 308 g/mol. The summed E-state index contributed by atoms with van der Waals surface area (Å²) in [6.07, 6.45) is 2.35. The molecule has 1 aromatic carbocycles. The van der Waals surface area contributed by atoms with Gasteiger partial charge in [-0.2, -0.15) is 5.10 Å². The smallest absolute Gasteiger partial charge is 0.277 e. The number of carbonyl (C=O) groups excluding carboxylic acids is 1. The predicted molar refractivity (Wildman–Crippen MR) is 90.8 cm³/mol. The van der Waals surface area contributed by atoms with Crippen molar-refractivity contribution in [2.75, 3.05) is 5.32 Å². The van der Waals surface area contributed by atoms with E-state index in [-0.39, 0.29) is 5.91 Å². The number of nitrogens with zero attached hydrogens (tertiary/aromatic N) is 2. The second-order valence-corrected chi connectivity index (χ2v) is 6.70. The Morgan fingerprint density at radius 3 is 2.83 bits per heavy atom. The lowest BCUT2D eigenvalue weighted by atomic mass is 10.1. The van der Waals surface area contributed by atoms with Gasteiger partial charge in [0.05, 0.1) is 5.69 Å². The SMILES string of the molecule is Cc1ccc(-c2csc(NC(=O)c3cc(C4CC4)[nH]n3)n2)cc1. The van der Waals surface area contributed by atoms with Crippen LogP contribution in [0.25, 0.3) is 11.3 Å². The van der Waals surface area contributed by atoms with E-state index < -0.39 is 0 Å². The summed E-state index contributed by atoms with van der Waals surface area (Å²) in [5, 5.41) is 12.4. The van der Waals surface area contributed by atoms with Gasteiger partial charge in [0.15, 0.2) is 10.8 Å². The number of hydrogen-bond donors (Lipinski definition) is 2. The quantitative estimate of drug-likeness (QED) is 0.763. The van der Waals surface area contributed by atoms with Crippen LogP contribution in [0, 0.1) is 6.92 Å². The number of nitrogens with one attached hydrogen (secondary N) is 2. The van der Waals surface area contributed by atoms with E-state index in [2.05, 4.69) is 39.6 Å². The topological polar surface area (TPSA) is 70.7 Å². The maximum atomic E-state index is 12.2. The molecule has 1 fully saturated rings. The molecule has 1 saturated carbocycles. The van der Waals surface area contributed by atoms with Crippen LogP contribution in [-0.2, 0) is 0 Å². The number of H-pyrrole nitrogens is 1. The van der Waals surface area contributed by atoms with Crippen LogP contribution in [0.3, 0.4) is 0 Å². The van der Waals surface area contributed by atoms with Gasteiger partial charge in [0.25, 0.3) is 5.91 Å². The molecule has 0 bridgehead atoms. The summed E-state index contributed by atoms with van der Waals surface area (Å²) in [6, 6.07) is 10.0. The first-order valence-corrected chi connectivity index (χ1v) is 8.46. The van der Waals surface area contributed by atoms with Crippen LogP contribution < -0.4 is 5.32 Å². The first-order chi connectivity index (χ1) is 11.2.